The van der Waals surface area contributed by atoms with E-state index in [1.807, 2.05) is 35.2 Å². The van der Waals surface area contributed by atoms with Gasteiger partial charge in [0.1, 0.15) is 0 Å². The number of piperazine rings is 1. The zero-order valence-corrected chi connectivity index (χ0v) is 12.1. The molecule has 1 unspecified atom stereocenters. The molecule has 22 heavy (non-hydrogen) atoms. The van der Waals surface area contributed by atoms with Gasteiger partial charge in [-0.2, -0.15) is 0 Å². The Bertz CT molecular complexity index is 630. The summed E-state index contributed by atoms with van der Waals surface area (Å²) in [5.74, 6) is 0.0978. The third-order valence-electron chi connectivity index (χ3n) is 4.64. The van der Waals surface area contributed by atoms with Crippen LogP contribution in [0.1, 0.15) is 16.8 Å². The molecule has 1 aromatic carbocycles. The molecule has 1 aromatic rings. The van der Waals surface area contributed by atoms with Crippen LogP contribution in [-0.2, 0) is 0 Å². The topological polar surface area (TPSA) is 59.4 Å². The number of carbonyl (C=O) groups is 1. The maximum atomic E-state index is 12.6. The van der Waals surface area contributed by atoms with Crippen molar-refractivity contribution in [3.63, 3.8) is 0 Å². The summed E-state index contributed by atoms with van der Waals surface area (Å²) in [6.45, 7) is 1.44. The van der Waals surface area contributed by atoms with Gasteiger partial charge >= 0.3 is 0 Å². The number of rotatable bonds is 2. The van der Waals surface area contributed by atoms with E-state index in [1.54, 1.807) is 18.5 Å². The van der Waals surface area contributed by atoms with Crippen molar-refractivity contribution < 1.29 is 10.0 Å². The largest absolute Gasteiger partial charge is 0.333 e. The smallest absolute Gasteiger partial charge is 0.254 e. The number of fused-ring (bicyclic) bond motifs is 2. The van der Waals surface area contributed by atoms with Crippen molar-refractivity contribution in [2.45, 2.75) is 24.8 Å². The SMILES string of the molecule is O=C(c1ccccc1)N1C[C@@H]2C[C@H]1CN2C1N=CC=CN1O. The first kappa shape index (κ1) is 13.5. The van der Waals surface area contributed by atoms with Gasteiger partial charge in [0.15, 0.2) is 0 Å². The number of amides is 1. The van der Waals surface area contributed by atoms with Crippen LogP contribution in [0.25, 0.3) is 0 Å². The minimum atomic E-state index is -0.367. The van der Waals surface area contributed by atoms with E-state index in [-0.39, 0.29) is 24.3 Å². The first-order valence-electron chi connectivity index (χ1n) is 7.53. The Morgan fingerprint density at radius 3 is 2.68 bits per heavy atom. The highest BCUT2D eigenvalue weighted by Crippen LogP contribution is 2.34. The predicted molar refractivity (Wildman–Crippen MR) is 81.4 cm³/mol. The van der Waals surface area contributed by atoms with Crippen LogP contribution < -0.4 is 0 Å². The molecule has 3 aliphatic rings. The molecule has 3 heterocycles. The monoisotopic (exact) mass is 298 g/mol. The zero-order chi connectivity index (χ0) is 15.1. The lowest BCUT2D eigenvalue weighted by atomic mass is 10.2. The van der Waals surface area contributed by atoms with Crippen LogP contribution in [0.3, 0.4) is 0 Å². The standard InChI is InChI=1S/C16H18N4O2/c21-15(12-5-2-1-3-6-12)18-10-14-9-13(18)11-19(14)16-17-7-4-8-20(16)22/h1-8,13-14,16,22H,9-11H2/t13-,14-,16?/m0/s1. The van der Waals surface area contributed by atoms with Crippen molar-refractivity contribution in [1.82, 2.24) is 14.9 Å². The number of hydrogen-bond donors (Lipinski definition) is 1. The fourth-order valence-electron chi connectivity index (χ4n) is 3.61. The molecule has 114 valence electrons. The maximum absolute atomic E-state index is 12.6. The van der Waals surface area contributed by atoms with Gasteiger partial charge in [-0.25, -0.2) is 5.06 Å². The van der Waals surface area contributed by atoms with Crippen molar-refractivity contribution >= 4 is 12.1 Å². The molecule has 0 aromatic heterocycles. The summed E-state index contributed by atoms with van der Waals surface area (Å²) in [6, 6.07) is 9.86. The molecule has 4 rings (SSSR count). The van der Waals surface area contributed by atoms with Gasteiger partial charge in [-0.3, -0.25) is 19.9 Å². The van der Waals surface area contributed by atoms with Crippen molar-refractivity contribution in [3.05, 3.63) is 48.2 Å². The first-order valence-corrected chi connectivity index (χ1v) is 7.53. The van der Waals surface area contributed by atoms with Gasteiger partial charge in [-0.15, -0.1) is 0 Å². The maximum Gasteiger partial charge on any atom is 0.254 e. The second-order valence-electron chi connectivity index (χ2n) is 5.93. The molecule has 0 aliphatic carbocycles. The first-order chi connectivity index (χ1) is 10.7. The predicted octanol–water partition coefficient (Wildman–Crippen LogP) is 1.16. The lowest BCUT2D eigenvalue weighted by Gasteiger charge is -2.39. The molecular weight excluding hydrogens is 280 g/mol. The van der Waals surface area contributed by atoms with Gasteiger partial charge in [0.05, 0.1) is 0 Å². The Hall–Kier alpha value is -2.18. The van der Waals surface area contributed by atoms with E-state index in [0.29, 0.717) is 6.54 Å². The van der Waals surface area contributed by atoms with Gasteiger partial charge in [-0.05, 0) is 24.6 Å². The molecule has 2 bridgehead atoms. The Labute approximate surface area is 128 Å². The lowest BCUT2D eigenvalue weighted by Crippen LogP contribution is -2.55. The fraction of sp³-hybridized carbons (Fsp3) is 0.375. The number of nitrogens with zero attached hydrogens (tertiary/aromatic N) is 4. The van der Waals surface area contributed by atoms with E-state index >= 15 is 0 Å². The molecule has 3 aliphatic heterocycles. The number of hydrogen-bond acceptors (Lipinski definition) is 5. The Balaban J connectivity index is 1.47. The molecule has 0 spiro atoms. The van der Waals surface area contributed by atoms with Crippen molar-refractivity contribution in [3.8, 4) is 0 Å². The molecule has 2 saturated heterocycles. The molecule has 0 saturated carbocycles. The van der Waals surface area contributed by atoms with Gasteiger partial charge in [-0.1, -0.05) is 18.2 Å². The van der Waals surface area contributed by atoms with Crippen molar-refractivity contribution in [2.24, 2.45) is 4.99 Å². The van der Waals surface area contributed by atoms with Gasteiger partial charge < -0.3 is 4.90 Å². The van der Waals surface area contributed by atoms with Crippen LogP contribution in [0.5, 0.6) is 0 Å². The summed E-state index contributed by atoms with van der Waals surface area (Å²) < 4.78 is 0. The molecule has 6 nitrogen and oxygen atoms in total. The van der Waals surface area contributed by atoms with Crippen molar-refractivity contribution in [1.29, 1.82) is 0 Å². The third-order valence-corrected chi connectivity index (χ3v) is 4.64. The number of allylic oxidation sites excluding steroid dienone is 1. The number of likely N-dealkylation sites (tertiary alicyclic amines) is 2. The molecule has 1 amide bonds. The number of hydroxylamine groups is 2. The minimum Gasteiger partial charge on any atom is -0.333 e. The average Bonchev–Trinajstić information content (AvgIpc) is 3.16. The highest BCUT2D eigenvalue weighted by Gasteiger charge is 2.48. The van der Waals surface area contributed by atoms with E-state index in [1.165, 1.54) is 0 Å². The highest BCUT2D eigenvalue weighted by atomic mass is 16.5. The summed E-state index contributed by atoms with van der Waals surface area (Å²) in [7, 11) is 0. The molecule has 1 N–H and O–H groups in total. The summed E-state index contributed by atoms with van der Waals surface area (Å²) in [4.78, 5) is 21.0. The number of aliphatic imine (C=N–C) groups is 1. The number of carbonyl (C=O) groups excluding carboxylic acids is 1. The van der Waals surface area contributed by atoms with Crippen molar-refractivity contribution in [2.75, 3.05) is 13.1 Å². The van der Waals surface area contributed by atoms with Gasteiger partial charge in [0, 0.05) is 43.2 Å². The Kier molecular flexibility index (Phi) is 3.20. The number of benzene rings is 1. The van der Waals surface area contributed by atoms with Crippen LogP contribution in [0.4, 0.5) is 0 Å². The average molecular weight is 298 g/mol. The van der Waals surface area contributed by atoms with E-state index in [0.717, 1.165) is 23.6 Å². The van der Waals surface area contributed by atoms with E-state index in [2.05, 4.69) is 9.89 Å². The van der Waals surface area contributed by atoms with Crippen LogP contribution in [0.15, 0.2) is 47.6 Å². The zero-order valence-electron chi connectivity index (χ0n) is 12.1. The van der Waals surface area contributed by atoms with Crippen LogP contribution in [0, 0.1) is 0 Å². The minimum absolute atomic E-state index is 0.0978. The molecule has 0 radical (unpaired) electrons. The Morgan fingerprint density at radius 2 is 2.00 bits per heavy atom. The van der Waals surface area contributed by atoms with E-state index in [9.17, 15) is 10.0 Å². The molecule has 3 atom stereocenters. The third kappa shape index (κ3) is 2.12. The second-order valence-corrected chi connectivity index (χ2v) is 5.93. The quantitative estimate of drug-likeness (QED) is 0.890. The summed E-state index contributed by atoms with van der Waals surface area (Å²) >= 11 is 0. The van der Waals surface area contributed by atoms with Gasteiger partial charge in [0.2, 0.25) is 6.29 Å². The second kappa shape index (κ2) is 5.23. The van der Waals surface area contributed by atoms with E-state index < -0.39 is 0 Å². The van der Waals surface area contributed by atoms with E-state index in [4.69, 9.17) is 0 Å². The summed E-state index contributed by atoms with van der Waals surface area (Å²) in [6.07, 6.45) is 5.60. The molecule has 6 heteroatoms. The van der Waals surface area contributed by atoms with Gasteiger partial charge in [0.25, 0.3) is 5.91 Å². The van der Waals surface area contributed by atoms with Crippen LogP contribution in [-0.4, -0.2) is 63.7 Å². The molecular formula is C16H18N4O2. The summed E-state index contributed by atoms with van der Waals surface area (Å²) in [5.41, 5.74) is 0.740. The summed E-state index contributed by atoms with van der Waals surface area (Å²) in [5, 5.41) is 11.1. The van der Waals surface area contributed by atoms with Crippen LogP contribution in [0.2, 0.25) is 0 Å². The molecule has 2 fully saturated rings. The lowest BCUT2D eigenvalue weighted by molar-refractivity contribution is -0.137. The fourth-order valence-corrected chi connectivity index (χ4v) is 3.61. The van der Waals surface area contributed by atoms with Crippen LogP contribution >= 0.6 is 0 Å². The highest BCUT2D eigenvalue weighted by molar-refractivity contribution is 5.94. The normalized spacial score (nSPS) is 30.3. The Morgan fingerprint density at radius 1 is 1.18 bits per heavy atom.